The summed E-state index contributed by atoms with van der Waals surface area (Å²) in [6, 6.07) is 11.2. The molecule has 5 nitrogen and oxygen atoms in total. The summed E-state index contributed by atoms with van der Waals surface area (Å²) >= 11 is 5.73. The van der Waals surface area contributed by atoms with Crippen LogP contribution in [-0.2, 0) is 10.0 Å². The molecule has 2 aromatic carbocycles. The molecule has 1 saturated heterocycles. The van der Waals surface area contributed by atoms with Crippen molar-refractivity contribution < 1.29 is 17.5 Å². The van der Waals surface area contributed by atoms with Gasteiger partial charge in [0.2, 0.25) is 10.0 Å². The van der Waals surface area contributed by atoms with Crippen molar-refractivity contribution >= 4 is 27.3 Å². The normalized spacial score (nSPS) is 15.9. The maximum atomic E-state index is 13.3. The first kappa shape index (κ1) is 18.9. The molecular formula is C18H20ClFN2O3S. The lowest BCUT2D eigenvalue weighted by Crippen LogP contribution is -2.48. The lowest BCUT2D eigenvalue weighted by Gasteiger charge is -2.36. The highest BCUT2D eigenvalue weighted by molar-refractivity contribution is 7.89. The number of piperazine rings is 1. The highest BCUT2D eigenvalue weighted by Crippen LogP contribution is 2.30. The van der Waals surface area contributed by atoms with Crippen LogP contribution in [0.15, 0.2) is 47.4 Å². The molecule has 8 heteroatoms. The van der Waals surface area contributed by atoms with Gasteiger partial charge in [-0.1, -0.05) is 23.7 Å². The third-order valence-corrected chi connectivity index (χ3v) is 6.46. The summed E-state index contributed by atoms with van der Waals surface area (Å²) in [7, 11) is -3.70. The predicted molar refractivity (Wildman–Crippen MR) is 100.0 cm³/mol. The van der Waals surface area contributed by atoms with Gasteiger partial charge in [-0.3, -0.25) is 0 Å². The van der Waals surface area contributed by atoms with Crippen molar-refractivity contribution in [2.45, 2.75) is 11.8 Å². The Morgan fingerprint density at radius 2 is 1.81 bits per heavy atom. The molecular weight excluding hydrogens is 379 g/mol. The molecule has 0 spiro atoms. The van der Waals surface area contributed by atoms with Crippen LogP contribution >= 0.6 is 11.6 Å². The van der Waals surface area contributed by atoms with E-state index in [1.54, 1.807) is 0 Å². The highest BCUT2D eigenvalue weighted by atomic mass is 35.5. The summed E-state index contributed by atoms with van der Waals surface area (Å²) in [5.74, 6) is 0.152. The molecule has 0 bridgehead atoms. The van der Waals surface area contributed by atoms with Crippen molar-refractivity contribution in [1.82, 2.24) is 4.31 Å². The zero-order valence-electron chi connectivity index (χ0n) is 14.4. The second-order valence-corrected chi connectivity index (χ2v) is 8.21. The Morgan fingerprint density at radius 3 is 2.46 bits per heavy atom. The molecule has 1 fully saturated rings. The number of benzene rings is 2. The van der Waals surface area contributed by atoms with E-state index in [-0.39, 0.29) is 9.92 Å². The average Bonchev–Trinajstić information content (AvgIpc) is 2.65. The first-order chi connectivity index (χ1) is 12.4. The van der Waals surface area contributed by atoms with Gasteiger partial charge in [0, 0.05) is 26.2 Å². The van der Waals surface area contributed by atoms with Gasteiger partial charge in [0.1, 0.15) is 11.6 Å². The quantitative estimate of drug-likeness (QED) is 0.774. The maximum Gasteiger partial charge on any atom is 0.243 e. The van der Waals surface area contributed by atoms with Gasteiger partial charge in [-0.15, -0.1) is 0 Å². The minimum atomic E-state index is -3.70. The summed E-state index contributed by atoms with van der Waals surface area (Å²) in [5.41, 5.74) is 0.955. The molecule has 0 aromatic heterocycles. The first-order valence-electron chi connectivity index (χ1n) is 8.35. The molecule has 0 unspecified atom stereocenters. The minimum absolute atomic E-state index is 0.00654. The molecule has 1 aliphatic rings. The van der Waals surface area contributed by atoms with Gasteiger partial charge < -0.3 is 9.64 Å². The molecule has 140 valence electrons. The Morgan fingerprint density at radius 1 is 1.12 bits per heavy atom. The molecule has 0 amide bonds. The number of nitrogens with zero attached hydrogens (tertiary/aromatic N) is 2. The van der Waals surface area contributed by atoms with Crippen LogP contribution in [0.25, 0.3) is 0 Å². The first-order valence-corrected chi connectivity index (χ1v) is 10.2. The van der Waals surface area contributed by atoms with Crippen LogP contribution < -0.4 is 9.64 Å². The minimum Gasteiger partial charge on any atom is -0.492 e. The molecule has 1 aliphatic heterocycles. The van der Waals surface area contributed by atoms with E-state index in [2.05, 4.69) is 4.90 Å². The van der Waals surface area contributed by atoms with E-state index in [1.165, 1.54) is 10.4 Å². The third kappa shape index (κ3) is 3.79. The highest BCUT2D eigenvalue weighted by Gasteiger charge is 2.29. The van der Waals surface area contributed by atoms with Gasteiger partial charge in [0.15, 0.2) is 0 Å². The van der Waals surface area contributed by atoms with Gasteiger partial charge >= 0.3 is 0 Å². The number of sulfonamides is 1. The molecule has 26 heavy (non-hydrogen) atoms. The van der Waals surface area contributed by atoms with E-state index < -0.39 is 15.8 Å². The number of halogens is 2. The van der Waals surface area contributed by atoms with Crippen LogP contribution in [0.4, 0.5) is 10.1 Å². The van der Waals surface area contributed by atoms with Crippen LogP contribution in [0.1, 0.15) is 6.92 Å². The molecule has 2 aromatic rings. The summed E-state index contributed by atoms with van der Waals surface area (Å²) in [6.45, 7) is 4.23. The van der Waals surface area contributed by atoms with Crippen LogP contribution in [0.3, 0.4) is 0 Å². The zero-order chi connectivity index (χ0) is 18.7. The molecule has 3 rings (SSSR count). The van der Waals surface area contributed by atoms with Gasteiger partial charge in [0.05, 0.1) is 22.2 Å². The second-order valence-electron chi connectivity index (χ2n) is 5.87. The fourth-order valence-electron chi connectivity index (χ4n) is 2.95. The van der Waals surface area contributed by atoms with Crippen molar-refractivity contribution in [2.75, 3.05) is 37.7 Å². The fourth-order valence-corrected chi connectivity index (χ4v) is 4.65. The van der Waals surface area contributed by atoms with Crippen molar-refractivity contribution in [3.63, 3.8) is 0 Å². The number of hydrogen-bond donors (Lipinski definition) is 0. The fraction of sp³-hybridized carbons (Fsp3) is 0.333. The molecule has 0 atom stereocenters. The molecule has 0 aliphatic carbocycles. The van der Waals surface area contributed by atoms with Gasteiger partial charge in [-0.05, 0) is 37.3 Å². The number of anilines is 1. The Kier molecular flexibility index (Phi) is 5.70. The molecule has 0 saturated carbocycles. The second kappa shape index (κ2) is 7.82. The number of ether oxygens (including phenoxy) is 1. The van der Waals surface area contributed by atoms with E-state index in [0.717, 1.165) is 23.6 Å². The Bertz CT molecular complexity index is 884. The standard InChI is InChI=1S/C18H20ClFN2O3S/c1-2-25-18-6-4-3-5-17(18)21-9-11-22(12-10-21)26(23,24)14-7-8-16(20)15(19)13-14/h3-8,13H,2,9-12H2,1H3. The van der Waals surface area contributed by atoms with Crippen LogP contribution in [0, 0.1) is 5.82 Å². The summed E-state index contributed by atoms with van der Waals surface area (Å²) in [6.07, 6.45) is 0. The molecule has 0 radical (unpaired) electrons. The number of rotatable bonds is 5. The number of para-hydroxylation sites is 2. The van der Waals surface area contributed by atoms with Crippen molar-refractivity contribution in [3.8, 4) is 5.75 Å². The summed E-state index contributed by atoms with van der Waals surface area (Å²) in [5, 5.41) is -0.199. The van der Waals surface area contributed by atoms with E-state index in [4.69, 9.17) is 16.3 Å². The van der Waals surface area contributed by atoms with Gasteiger partial charge in [0.25, 0.3) is 0 Å². The zero-order valence-corrected chi connectivity index (χ0v) is 15.9. The van der Waals surface area contributed by atoms with Gasteiger partial charge in [-0.2, -0.15) is 4.31 Å². The predicted octanol–water partition coefficient (Wildman–Crippen LogP) is 3.39. The van der Waals surface area contributed by atoms with E-state index in [1.807, 2.05) is 31.2 Å². The smallest absolute Gasteiger partial charge is 0.243 e. The Labute approximate surface area is 158 Å². The largest absolute Gasteiger partial charge is 0.492 e. The van der Waals surface area contributed by atoms with E-state index in [9.17, 15) is 12.8 Å². The summed E-state index contributed by atoms with van der Waals surface area (Å²) < 4.78 is 45.9. The van der Waals surface area contributed by atoms with Crippen LogP contribution in [0.2, 0.25) is 5.02 Å². The van der Waals surface area contributed by atoms with Crippen molar-refractivity contribution in [3.05, 3.63) is 53.3 Å². The SMILES string of the molecule is CCOc1ccccc1N1CCN(S(=O)(=O)c2ccc(F)c(Cl)c2)CC1. The molecule has 0 N–H and O–H groups in total. The third-order valence-electron chi connectivity index (χ3n) is 4.27. The van der Waals surface area contributed by atoms with Crippen LogP contribution in [0.5, 0.6) is 5.75 Å². The van der Waals surface area contributed by atoms with Gasteiger partial charge in [-0.25, -0.2) is 12.8 Å². The van der Waals surface area contributed by atoms with E-state index in [0.29, 0.717) is 32.8 Å². The summed E-state index contributed by atoms with van der Waals surface area (Å²) in [4.78, 5) is 2.11. The number of hydrogen-bond acceptors (Lipinski definition) is 4. The average molecular weight is 399 g/mol. The lowest BCUT2D eigenvalue weighted by molar-refractivity contribution is 0.337. The monoisotopic (exact) mass is 398 g/mol. The van der Waals surface area contributed by atoms with Crippen molar-refractivity contribution in [2.24, 2.45) is 0 Å². The molecule has 1 heterocycles. The van der Waals surface area contributed by atoms with E-state index >= 15 is 0 Å². The Hall–Kier alpha value is -1.83. The topological polar surface area (TPSA) is 49.9 Å². The maximum absolute atomic E-state index is 13.3. The van der Waals surface area contributed by atoms with Crippen molar-refractivity contribution in [1.29, 1.82) is 0 Å². The van der Waals surface area contributed by atoms with Crippen LogP contribution in [-0.4, -0.2) is 45.5 Å². The Balaban J connectivity index is 1.75. The lowest BCUT2D eigenvalue weighted by atomic mass is 10.2.